The Morgan fingerprint density at radius 1 is 1.06 bits per heavy atom. The molecule has 1 aromatic carbocycles. The number of hydrogen-bond acceptors (Lipinski definition) is 3. The summed E-state index contributed by atoms with van der Waals surface area (Å²) in [6, 6.07) is 9.58. The van der Waals surface area contributed by atoms with Gasteiger partial charge in [-0.15, -0.1) is 0 Å². The fraction of sp³-hybridized carbons (Fsp3) is 0.375. The van der Waals surface area contributed by atoms with Crippen LogP contribution >= 0.6 is 23.2 Å². The molecule has 1 saturated heterocycles. The fourth-order valence-corrected chi connectivity index (χ4v) is 4.68. The summed E-state index contributed by atoms with van der Waals surface area (Å²) in [5.74, 6) is 0.142. The standard InChI is InChI=1S/C24H26Cl2N4O/c1-16-20(17(2)30(28-16)19-7-8-21(25)22(26)14-19)15-24(31)29-13-5-3-4-6-23(29)18-9-11-27-12-10-18/h7-12,14,23H,3-6,13,15H2,1-2H3. The highest BCUT2D eigenvalue weighted by atomic mass is 35.5. The van der Waals surface area contributed by atoms with Crippen molar-refractivity contribution in [3.63, 3.8) is 0 Å². The van der Waals surface area contributed by atoms with Crippen LogP contribution in [-0.2, 0) is 11.2 Å². The molecule has 4 rings (SSSR count). The number of aromatic nitrogens is 3. The number of aryl methyl sites for hydroxylation is 1. The van der Waals surface area contributed by atoms with Crippen LogP contribution in [0.3, 0.4) is 0 Å². The third-order valence-corrected chi connectivity index (χ3v) is 6.82. The summed E-state index contributed by atoms with van der Waals surface area (Å²) in [6.07, 6.45) is 8.24. The second-order valence-electron chi connectivity index (χ2n) is 8.07. The van der Waals surface area contributed by atoms with Crippen molar-refractivity contribution in [2.75, 3.05) is 6.54 Å². The van der Waals surface area contributed by atoms with Crippen molar-refractivity contribution >= 4 is 29.1 Å². The second-order valence-corrected chi connectivity index (χ2v) is 8.88. The Morgan fingerprint density at radius 2 is 1.84 bits per heavy atom. The zero-order valence-electron chi connectivity index (χ0n) is 17.8. The van der Waals surface area contributed by atoms with Gasteiger partial charge in [-0.25, -0.2) is 4.68 Å². The summed E-state index contributed by atoms with van der Waals surface area (Å²) < 4.78 is 1.84. The lowest BCUT2D eigenvalue weighted by Gasteiger charge is -2.30. The maximum Gasteiger partial charge on any atom is 0.227 e. The Labute approximate surface area is 193 Å². The Kier molecular flexibility index (Phi) is 6.63. The van der Waals surface area contributed by atoms with Crippen molar-refractivity contribution in [1.29, 1.82) is 0 Å². The van der Waals surface area contributed by atoms with E-state index in [0.29, 0.717) is 16.5 Å². The highest BCUT2D eigenvalue weighted by molar-refractivity contribution is 6.42. The molecular weight excluding hydrogens is 431 g/mol. The molecule has 7 heteroatoms. The number of carbonyl (C=O) groups excluding carboxylic acids is 1. The van der Waals surface area contributed by atoms with Gasteiger partial charge in [0.15, 0.2) is 0 Å². The lowest BCUT2D eigenvalue weighted by atomic mass is 10.0. The number of carbonyl (C=O) groups is 1. The molecular formula is C24H26Cl2N4O. The molecule has 0 saturated carbocycles. The van der Waals surface area contributed by atoms with Gasteiger partial charge in [-0.05, 0) is 62.6 Å². The molecule has 1 amide bonds. The number of benzene rings is 1. The summed E-state index contributed by atoms with van der Waals surface area (Å²) in [5, 5.41) is 5.67. The molecule has 1 aliphatic heterocycles. The van der Waals surface area contributed by atoms with Crippen LogP contribution in [0.25, 0.3) is 5.69 Å². The predicted molar refractivity (Wildman–Crippen MR) is 124 cm³/mol. The Balaban J connectivity index is 1.61. The number of likely N-dealkylation sites (tertiary alicyclic amines) is 1. The molecule has 3 heterocycles. The zero-order chi connectivity index (χ0) is 22.0. The van der Waals surface area contributed by atoms with Crippen molar-refractivity contribution in [3.8, 4) is 5.69 Å². The lowest BCUT2D eigenvalue weighted by molar-refractivity contribution is -0.133. The van der Waals surface area contributed by atoms with E-state index in [2.05, 4.69) is 15.0 Å². The summed E-state index contributed by atoms with van der Waals surface area (Å²) in [4.78, 5) is 19.7. The highest BCUT2D eigenvalue weighted by Gasteiger charge is 2.28. The summed E-state index contributed by atoms with van der Waals surface area (Å²) in [7, 11) is 0. The number of amides is 1. The van der Waals surface area contributed by atoms with Crippen molar-refractivity contribution < 1.29 is 4.79 Å². The second kappa shape index (κ2) is 9.41. The molecule has 1 aliphatic rings. The minimum absolute atomic E-state index is 0.101. The van der Waals surface area contributed by atoms with Gasteiger partial charge in [0.25, 0.3) is 0 Å². The van der Waals surface area contributed by atoms with Gasteiger partial charge in [0.2, 0.25) is 5.91 Å². The van der Waals surface area contributed by atoms with E-state index in [4.69, 9.17) is 23.2 Å². The van der Waals surface area contributed by atoms with Crippen LogP contribution in [0.1, 0.15) is 54.2 Å². The van der Waals surface area contributed by atoms with E-state index in [1.54, 1.807) is 24.5 Å². The molecule has 2 aromatic heterocycles. The van der Waals surface area contributed by atoms with E-state index >= 15 is 0 Å². The number of rotatable bonds is 4. The molecule has 0 N–H and O–H groups in total. The maximum atomic E-state index is 13.5. The van der Waals surface area contributed by atoms with Crippen LogP contribution in [0.2, 0.25) is 10.0 Å². The number of nitrogens with zero attached hydrogens (tertiary/aromatic N) is 4. The molecule has 3 aromatic rings. The van der Waals surface area contributed by atoms with E-state index in [9.17, 15) is 4.79 Å². The van der Waals surface area contributed by atoms with Gasteiger partial charge >= 0.3 is 0 Å². The molecule has 0 radical (unpaired) electrons. The van der Waals surface area contributed by atoms with E-state index in [1.165, 1.54) is 0 Å². The van der Waals surface area contributed by atoms with Crippen molar-refractivity contribution in [1.82, 2.24) is 19.7 Å². The summed E-state index contributed by atoms with van der Waals surface area (Å²) >= 11 is 12.3. The lowest BCUT2D eigenvalue weighted by Crippen LogP contribution is -2.36. The third kappa shape index (κ3) is 4.63. The first kappa shape index (κ1) is 21.8. The monoisotopic (exact) mass is 456 g/mol. The third-order valence-electron chi connectivity index (χ3n) is 6.08. The fourth-order valence-electron chi connectivity index (χ4n) is 4.39. The van der Waals surface area contributed by atoms with Crippen LogP contribution in [0.4, 0.5) is 0 Å². The summed E-state index contributed by atoms with van der Waals surface area (Å²) in [6.45, 7) is 4.73. The number of pyridine rings is 1. The van der Waals surface area contributed by atoms with Crippen LogP contribution in [0, 0.1) is 13.8 Å². The normalized spacial score (nSPS) is 16.9. The van der Waals surface area contributed by atoms with Gasteiger partial charge in [-0.2, -0.15) is 5.10 Å². The van der Waals surface area contributed by atoms with E-state index < -0.39 is 0 Å². The average molecular weight is 457 g/mol. The van der Waals surface area contributed by atoms with Crippen LogP contribution in [-0.4, -0.2) is 32.1 Å². The van der Waals surface area contributed by atoms with Crippen molar-refractivity contribution in [2.24, 2.45) is 0 Å². The first-order valence-electron chi connectivity index (χ1n) is 10.7. The number of hydrogen-bond donors (Lipinski definition) is 0. The Morgan fingerprint density at radius 3 is 2.58 bits per heavy atom. The molecule has 5 nitrogen and oxygen atoms in total. The first-order chi connectivity index (χ1) is 15.0. The van der Waals surface area contributed by atoms with Gasteiger partial charge in [-0.1, -0.05) is 36.0 Å². The molecule has 1 atom stereocenters. The Hall–Kier alpha value is -2.37. The van der Waals surface area contributed by atoms with Crippen LogP contribution < -0.4 is 0 Å². The maximum absolute atomic E-state index is 13.5. The molecule has 0 aliphatic carbocycles. The van der Waals surface area contributed by atoms with E-state index in [-0.39, 0.29) is 11.9 Å². The first-order valence-corrected chi connectivity index (χ1v) is 11.4. The van der Waals surface area contributed by atoms with Crippen LogP contribution in [0.5, 0.6) is 0 Å². The number of halogens is 2. The minimum atomic E-state index is 0.101. The van der Waals surface area contributed by atoms with E-state index in [0.717, 1.165) is 60.4 Å². The van der Waals surface area contributed by atoms with Gasteiger partial charge in [0.05, 0.1) is 33.9 Å². The largest absolute Gasteiger partial charge is 0.335 e. The van der Waals surface area contributed by atoms with Gasteiger partial charge in [0.1, 0.15) is 0 Å². The minimum Gasteiger partial charge on any atom is -0.335 e. The summed E-state index contributed by atoms with van der Waals surface area (Å²) in [5.41, 5.74) is 4.75. The topological polar surface area (TPSA) is 51.0 Å². The molecule has 0 spiro atoms. The quantitative estimate of drug-likeness (QED) is 0.492. The molecule has 1 unspecified atom stereocenters. The van der Waals surface area contributed by atoms with Crippen molar-refractivity contribution in [3.05, 3.63) is 75.3 Å². The SMILES string of the molecule is Cc1nn(-c2ccc(Cl)c(Cl)c2)c(C)c1CC(=O)N1CCCCCC1c1ccncc1. The zero-order valence-corrected chi connectivity index (χ0v) is 19.3. The predicted octanol–water partition coefficient (Wildman–Crippen LogP) is 5.88. The van der Waals surface area contributed by atoms with Gasteiger partial charge in [0, 0.05) is 30.2 Å². The van der Waals surface area contributed by atoms with Gasteiger partial charge in [-0.3, -0.25) is 9.78 Å². The van der Waals surface area contributed by atoms with Gasteiger partial charge < -0.3 is 4.90 Å². The smallest absolute Gasteiger partial charge is 0.227 e. The highest BCUT2D eigenvalue weighted by Crippen LogP contribution is 2.31. The molecule has 31 heavy (non-hydrogen) atoms. The van der Waals surface area contributed by atoms with E-state index in [1.807, 2.05) is 36.7 Å². The molecule has 162 valence electrons. The van der Waals surface area contributed by atoms with Crippen molar-refractivity contribution in [2.45, 2.75) is 52.0 Å². The molecule has 1 fully saturated rings. The Bertz CT molecular complexity index is 1080. The average Bonchev–Trinajstić information content (AvgIpc) is 2.95. The van der Waals surface area contributed by atoms with Crippen LogP contribution in [0.15, 0.2) is 42.7 Å². The molecule has 0 bridgehead atoms.